The largest absolute Gasteiger partial charge is 0.454 e. The molecule has 1 aromatic carbocycles. The van der Waals surface area contributed by atoms with Crippen LogP contribution in [0.5, 0.6) is 11.5 Å². The molecular formula is C19H22N4O3. The Labute approximate surface area is 151 Å². The summed E-state index contributed by atoms with van der Waals surface area (Å²) >= 11 is 0. The number of benzene rings is 1. The van der Waals surface area contributed by atoms with Crippen LogP contribution >= 0.6 is 0 Å². The van der Waals surface area contributed by atoms with E-state index in [4.69, 9.17) is 9.47 Å². The van der Waals surface area contributed by atoms with Crippen LogP contribution in [0.25, 0.3) is 0 Å². The van der Waals surface area contributed by atoms with Crippen LogP contribution in [0.3, 0.4) is 0 Å². The standard InChI is InChI=1S/C19H22N4O3/c1-12-20-21-18-7-5-14(10-23(12)18)19(24)22-8-2-3-15(22)13-4-6-16-17(9-13)26-11-25-16/h4,6,9,14-15H,2-3,5,7-8,10-11H2,1H3/t14-,15+/m0/s1. The minimum absolute atomic E-state index is 0.00631. The second kappa shape index (κ2) is 6.00. The molecule has 1 saturated heterocycles. The summed E-state index contributed by atoms with van der Waals surface area (Å²) in [5, 5.41) is 8.35. The van der Waals surface area contributed by atoms with Crippen molar-refractivity contribution in [1.29, 1.82) is 0 Å². The number of hydrogen-bond acceptors (Lipinski definition) is 5. The SMILES string of the molecule is Cc1nnc2n1C[C@@H](C(=O)N1CCC[C@@H]1c1ccc3c(c1)OCO3)CC2. The molecule has 0 saturated carbocycles. The summed E-state index contributed by atoms with van der Waals surface area (Å²) in [6.07, 6.45) is 3.70. The molecule has 3 aliphatic heterocycles. The van der Waals surface area contributed by atoms with Gasteiger partial charge in [0.15, 0.2) is 11.5 Å². The third-order valence-electron chi connectivity index (χ3n) is 5.80. The van der Waals surface area contributed by atoms with Crippen molar-refractivity contribution < 1.29 is 14.3 Å². The second-order valence-corrected chi connectivity index (χ2v) is 7.31. The number of aryl methyl sites for hydroxylation is 2. The van der Waals surface area contributed by atoms with E-state index in [2.05, 4.69) is 25.7 Å². The molecule has 26 heavy (non-hydrogen) atoms. The predicted molar refractivity (Wildman–Crippen MR) is 92.8 cm³/mol. The van der Waals surface area contributed by atoms with E-state index in [9.17, 15) is 4.79 Å². The van der Waals surface area contributed by atoms with Crippen molar-refractivity contribution in [3.8, 4) is 11.5 Å². The highest BCUT2D eigenvalue weighted by molar-refractivity contribution is 5.80. The first-order chi connectivity index (χ1) is 12.7. The smallest absolute Gasteiger partial charge is 0.231 e. The van der Waals surface area contributed by atoms with Crippen LogP contribution in [0.2, 0.25) is 0 Å². The highest BCUT2D eigenvalue weighted by atomic mass is 16.7. The lowest BCUT2D eigenvalue weighted by Crippen LogP contribution is -2.39. The van der Waals surface area contributed by atoms with Crippen molar-refractivity contribution in [3.63, 3.8) is 0 Å². The zero-order valence-corrected chi connectivity index (χ0v) is 14.9. The molecule has 7 nitrogen and oxygen atoms in total. The van der Waals surface area contributed by atoms with Crippen LogP contribution in [0.1, 0.15) is 42.5 Å². The van der Waals surface area contributed by atoms with Crippen molar-refractivity contribution >= 4 is 5.91 Å². The molecule has 2 aromatic rings. The van der Waals surface area contributed by atoms with Gasteiger partial charge in [-0.15, -0.1) is 10.2 Å². The topological polar surface area (TPSA) is 69.5 Å². The van der Waals surface area contributed by atoms with Gasteiger partial charge in [-0.25, -0.2) is 0 Å². The lowest BCUT2D eigenvalue weighted by Gasteiger charge is -2.31. The zero-order chi connectivity index (χ0) is 17.7. The number of amides is 1. The molecule has 1 aromatic heterocycles. The minimum atomic E-state index is 0.00631. The Bertz CT molecular complexity index is 862. The summed E-state index contributed by atoms with van der Waals surface area (Å²) in [7, 11) is 0. The van der Waals surface area contributed by atoms with Gasteiger partial charge in [0.2, 0.25) is 12.7 Å². The van der Waals surface area contributed by atoms with E-state index >= 15 is 0 Å². The number of carbonyl (C=O) groups excluding carboxylic acids is 1. The summed E-state index contributed by atoms with van der Waals surface area (Å²) in [5.41, 5.74) is 1.14. The van der Waals surface area contributed by atoms with E-state index in [0.717, 1.165) is 60.9 Å². The molecule has 7 heteroatoms. The number of rotatable bonds is 2. The molecule has 0 N–H and O–H groups in total. The zero-order valence-electron chi connectivity index (χ0n) is 14.9. The number of likely N-dealkylation sites (tertiary alicyclic amines) is 1. The molecule has 0 unspecified atom stereocenters. The summed E-state index contributed by atoms with van der Waals surface area (Å²) < 4.78 is 13.0. The average molecular weight is 354 g/mol. The van der Waals surface area contributed by atoms with E-state index in [1.54, 1.807) is 0 Å². The van der Waals surface area contributed by atoms with Crippen LogP contribution in [-0.2, 0) is 17.8 Å². The van der Waals surface area contributed by atoms with Gasteiger partial charge in [-0.1, -0.05) is 6.07 Å². The van der Waals surface area contributed by atoms with Crippen LogP contribution in [-0.4, -0.2) is 38.9 Å². The molecule has 5 rings (SSSR count). The van der Waals surface area contributed by atoms with Gasteiger partial charge < -0.3 is 18.9 Å². The first-order valence-electron chi connectivity index (χ1n) is 9.29. The van der Waals surface area contributed by atoms with Crippen LogP contribution in [0.4, 0.5) is 0 Å². The molecule has 0 radical (unpaired) electrons. The maximum absolute atomic E-state index is 13.3. The lowest BCUT2D eigenvalue weighted by atomic mass is 9.96. The van der Waals surface area contributed by atoms with Crippen molar-refractivity contribution in [2.24, 2.45) is 5.92 Å². The number of nitrogens with zero attached hydrogens (tertiary/aromatic N) is 4. The summed E-state index contributed by atoms with van der Waals surface area (Å²) in [4.78, 5) is 15.3. The van der Waals surface area contributed by atoms with Crippen molar-refractivity contribution in [1.82, 2.24) is 19.7 Å². The van der Waals surface area contributed by atoms with E-state index in [-0.39, 0.29) is 24.7 Å². The quantitative estimate of drug-likeness (QED) is 0.827. The molecule has 3 aliphatic rings. The molecule has 0 bridgehead atoms. The van der Waals surface area contributed by atoms with Crippen LogP contribution < -0.4 is 9.47 Å². The van der Waals surface area contributed by atoms with Gasteiger partial charge in [0.25, 0.3) is 0 Å². The fraction of sp³-hybridized carbons (Fsp3) is 0.526. The monoisotopic (exact) mass is 354 g/mol. The molecule has 136 valence electrons. The summed E-state index contributed by atoms with van der Waals surface area (Å²) in [5.74, 6) is 3.72. The Morgan fingerprint density at radius 3 is 3.00 bits per heavy atom. The Hall–Kier alpha value is -2.57. The minimum Gasteiger partial charge on any atom is -0.454 e. The fourth-order valence-electron chi connectivity index (χ4n) is 4.40. The number of ether oxygens (including phenoxy) is 2. The van der Waals surface area contributed by atoms with E-state index in [1.165, 1.54) is 0 Å². The number of carbonyl (C=O) groups is 1. The maximum atomic E-state index is 13.3. The molecule has 0 spiro atoms. The average Bonchev–Trinajstić information content (AvgIpc) is 3.40. The normalized spacial score (nSPS) is 24.0. The van der Waals surface area contributed by atoms with Gasteiger partial charge in [-0.05, 0) is 43.9 Å². The molecule has 2 atom stereocenters. The Morgan fingerprint density at radius 2 is 2.08 bits per heavy atom. The predicted octanol–water partition coefficient (Wildman–Crippen LogP) is 2.24. The van der Waals surface area contributed by atoms with E-state index in [0.29, 0.717) is 6.54 Å². The Balaban J connectivity index is 1.37. The van der Waals surface area contributed by atoms with Crippen LogP contribution in [0.15, 0.2) is 18.2 Å². The first kappa shape index (κ1) is 15.7. The number of aromatic nitrogens is 3. The van der Waals surface area contributed by atoms with Gasteiger partial charge in [-0.2, -0.15) is 0 Å². The maximum Gasteiger partial charge on any atom is 0.231 e. The fourth-order valence-corrected chi connectivity index (χ4v) is 4.40. The highest BCUT2D eigenvalue weighted by Gasteiger charge is 2.36. The van der Waals surface area contributed by atoms with Crippen molar-refractivity contribution in [2.45, 2.75) is 45.2 Å². The molecular weight excluding hydrogens is 332 g/mol. The molecule has 0 aliphatic carbocycles. The molecule has 1 fully saturated rings. The lowest BCUT2D eigenvalue weighted by molar-refractivity contribution is -0.137. The van der Waals surface area contributed by atoms with E-state index < -0.39 is 0 Å². The van der Waals surface area contributed by atoms with Gasteiger partial charge in [0, 0.05) is 19.5 Å². The first-order valence-corrected chi connectivity index (χ1v) is 9.29. The van der Waals surface area contributed by atoms with Gasteiger partial charge in [-0.3, -0.25) is 4.79 Å². The molecule has 4 heterocycles. The van der Waals surface area contributed by atoms with Gasteiger partial charge >= 0.3 is 0 Å². The summed E-state index contributed by atoms with van der Waals surface area (Å²) in [6.45, 7) is 3.74. The van der Waals surface area contributed by atoms with Gasteiger partial charge in [0.05, 0.1) is 12.0 Å². The Morgan fingerprint density at radius 1 is 1.19 bits per heavy atom. The second-order valence-electron chi connectivity index (χ2n) is 7.31. The Kier molecular flexibility index (Phi) is 3.62. The summed E-state index contributed by atoms with van der Waals surface area (Å²) in [6, 6.07) is 6.17. The van der Waals surface area contributed by atoms with Gasteiger partial charge in [0.1, 0.15) is 11.6 Å². The van der Waals surface area contributed by atoms with Crippen molar-refractivity contribution in [2.75, 3.05) is 13.3 Å². The third kappa shape index (κ3) is 2.45. The van der Waals surface area contributed by atoms with E-state index in [1.807, 2.05) is 19.1 Å². The van der Waals surface area contributed by atoms with Crippen LogP contribution in [0, 0.1) is 12.8 Å². The highest BCUT2D eigenvalue weighted by Crippen LogP contribution is 2.40. The number of fused-ring (bicyclic) bond motifs is 2. The van der Waals surface area contributed by atoms with Crippen molar-refractivity contribution in [3.05, 3.63) is 35.4 Å². The number of hydrogen-bond donors (Lipinski definition) is 0. The molecule has 1 amide bonds. The third-order valence-corrected chi connectivity index (χ3v) is 5.80.